The fraction of sp³-hybridized carbons (Fsp3) is 1.00. The predicted octanol–water partition coefficient (Wildman–Crippen LogP) is 2.12. The summed E-state index contributed by atoms with van der Waals surface area (Å²) in [7, 11) is 0. The van der Waals surface area contributed by atoms with Gasteiger partial charge in [0.1, 0.15) is 0 Å². The summed E-state index contributed by atoms with van der Waals surface area (Å²) >= 11 is 0. The zero-order valence-corrected chi connectivity index (χ0v) is 12.0. The van der Waals surface area contributed by atoms with Crippen molar-refractivity contribution >= 4 is 0 Å². The van der Waals surface area contributed by atoms with Crippen molar-refractivity contribution in [2.24, 2.45) is 5.92 Å². The van der Waals surface area contributed by atoms with Crippen molar-refractivity contribution in [1.82, 2.24) is 10.2 Å². The summed E-state index contributed by atoms with van der Waals surface area (Å²) in [5.74, 6) is 0.673. The van der Waals surface area contributed by atoms with Crippen molar-refractivity contribution in [2.75, 3.05) is 32.8 Å². The fourth-order valence-corrected chi connectivity index (χ4v) is 2.56. The van der Waals surface area contributed by atoms with Crippen LogP contribution in [-0.4, -0.2) is 49.8 Å². The van der Waals surface area contributed by atoms with Crippen molar-refractivity contribution < 1.29 is 4.74 Å². The highest BCUT2D eigenvalue weighted by molar-refractivity contribution is 4.86. The Bertz CT molecular complexity index is 197. The van der Waals surface area contributed by atoms with Gasteiger partial charge >= 0.3 is 0 Å². The first-order valence-electron chi connectivity index (χ1n) is 7.24. The Morgan fingerprint density at radius 1 is 1.35 bits per heavy atom. The average molecular weight is 242 g/mol. The molecule has 2 atom stereocenters. The van der Waals surface area contributed by atoms with Crippen LogP contribution in [0.1, 0.15) is 40.5 Å². The van der Waals surface area contributed by atoms with Gasteiger partial charge in [0.15, 0.2) is 0 Å². The molecular formula is C14H30N2O. The molecule has 3 heteroatoms. The van der Waals surface area contributed by atoms with Gasteiger partial charge in [-0.25, -0.2) is 0 Å². The van der Waals surface area contributed by atoms with E-state index in [9.17, 15) is 0 Å². The molecule has 102 valence electrons. The molecule has 0 aromatic rings. The van der Waals surface area contributed by atoms with E-state index in [2.05, 4.69) is 37.9 Å². The van der Waals surface area contributed by atoms with Crippen LogP contribution in [0.5, 0.6) is 0 Å². The molecule has 0 amide bonds. The molecular weight excluding hydrogens is 212 g/mol. The van der Waals surface area contributed by atoms with Crippen LogP contribution in [-0.2, 0) is 4.74 Å². The van der Waals surface area contributed by atoms with Gasteiger partial charge in [0.2, 0.25) is 0 Å². The molecule has 0 aromatic carbocycles. The van der Waals surface area contributed by atoms with E-state index in [1.165, 1.54) is 25.9 Å². The lowest BCUT2D eigenvalue weighted by Gasteiger charge is -2.30. The highest BCUT2D eigenvalue weighted by Crippen LogP contribution is 2.18. The zero-order chi connectivity index (χ0) is 12.7. The van der Waals surface area contributed by atoms with Crippen LogP contribution in [0, 0.1) is 5.92 Å². The Labute approximate surface area is 107 Å². The van der Waals surface area contributed by atoms with Crippen LogP contribution in [0.4, 0.5) is 0 Å². The van der Waals surface area contributed by atoms with Gasteiger partial charge in [0.05, 0.1) is 6.61 Å². The molecule has 1 fully saturated rings. The summed E-state index contributed by atoms with van der Waals surface area (Å²) in [4.78, 5) is 2.60. The van der Waals surface area contributed by atoms with Gasteiger partial charge < -0.3 is 10.1 Å². The first kappa shape index (κ1) is 14.9. The molecule has 1 heterocycles. The zero-order valence-electron chi connectivity index (χ0n) is 12.0. The van der Waals surface area contributed by atoms with Crippen molar-refractivity contribution in [3.8, 4) is 0 Å². The van der Waals surface area contributed by atoms with Crippen molar-refractivity contribution in [3.63, 3.8) is 0 Å². The van der Waals surface area contributed by atoms with E-state index in [0.29, 0.717) is 18.0 Å². The molecule has 3 nitrogen and oxygen atoms in total. The van der Waals surface area contributed by atoms with Gasteiger partial charge in [0, 0.05) is 31.8 Å². The van der Waals surface area contributed by atoms with E-state index in [-0.39, 0.29) is 0 Å². The van der Waals surface area contributed by atoms with E-state index in [1.807, 2.05) is 0 Å². The van der Waals surface area contributed by atoms with Crippen LogP contribution < -0.4 is 5.32 Å². The molecule has 0 radical (unpaired) electrons. The highest BCUT2D eigenvalue weighted by Gasteiger charge is 2.29. The largest absolute Gasteiger partial charge is 0.380 e. The van der Waals surface area contributed by atoms with Crippen LogP contribution in [0.15, 0.2) is 0 Å². The fourth-order valence-electron chi connectivity index (χ4n) is 2.56. The molecule has 0 saturated carbocycles. The van der Waals surface area contributed by atoms with Crippen molar-refractivity contribution in [1.29, 1.82) is 0 Å². The van der Waals surface area contributed by atoms with Crippen LogP contribution in [0.25, 0.3) is 0 Å². The third kappa shape index (κ3) is 4.94. The van der Waals surface area contributed by atoms with Crippen molar-refractivity contribution in [2.45, 2.75) is 52.6 Å². The minimum absolute atomic E-state index is 0.586. The van der Waals surface area contributed by atoms with Gasteiger partial charge in [-0.2, -0.15) is 0 Å². The minimum Gasteiger partial charge on any atom is -0.380 e. The summed E-state index contributed by atoms with van der Waals surface area (Å²) < 4.78 is 5.62. The molecule has 17 heavy (non-hydrogen) atoms. The predicted molar refractivity (Wildman–Crippen MR) is 73.4 cm³/mol. The van der Waals surface area contributed by atoms with Gasteiger partial charge in [-0.1, -0.05) is 20.8 Å². The number of nitrogens with one attached hydrogen (secondary N) is 1. The Balaban J connectivity index is 2.37. The van der Waals surface area contributed by atoms with E-state index in [0.717, 1.165) is 19.8 Å². The van der Waals surface area contributed by atoms with E-state index < -0.39 is 0 Å². The molecule has 1 aliphatic heterocycles. The second-order valence-electron chi connectivity index (χ2n) is 5.41. The summed E-state index contributed by atoms with van der Waals surface area (Å²) in [6.07, 6.45) is 2.51. The molecule has 2 unspecified atom stereocenters. The lowest BCUT2D eigenvalue weighted by atomic mass is 10.0. The molecule has 1 saturated heterocycles. The van der Waals surface area contributed by atoms with Gasteiger partial charge in [0.25, 0.3) is 0 Å². The maximum Gasteiger partial charge on any atom is 0.0624 e. The molecule has 0 bridgehead atoms. The molecule has 0 aliphatic carbocycles. The minimum atomic E-state index is 0.586. The van der Waals surface area contributed by atoms with Gasteiger partial charge in [-0.05, 0) is 32.2 Å². The lowest BCUT2D eigenvalue weighted by Crippen LogP contribution is -2.43. The SMILES string of the molecule is CCCNC1CCN(C(COCC)C(C)C)C1. The summed E-state index contributed by atoms with van der Waals surface area (Å²) in [5.41, 5.74) is 0. The summed E-state index contributed by atoms with van der Waals surface area (Å²) in [5, 5.41) is 3.63. The van der Waals surface area contributed by atoms with E-state index >= 15 is 0 Å². The second-order valence-corrected chi connectivity index (χ2v) is 5.41. The Morgan fingerprint density at radius 2 is 2.12 bits per heavy atom. The number of ether oxygens (including phenoxy) is 1. The molecule has 1 aliphatic rings. The number of rotatable bonds is 8. The van der Waals surface area contributed by atoms with Crippen LogP contribution in [0.3, 0.4) is 0 Å². The average Bonchev–Trinajstić information content (AvgIpc) is 2.75. The second kappa shape index (κ2) is 8.06. The number of hydrogen-bond acceptors (Lipinski definition) is 3. The first-order chi connectivity index (χ1) is 8.19. The Morgan fingerprint density at radius 3 is 2.71 bits per heavy atom. The number of nitrogens with zero attached hydrogens (tertiary/aromatic N) is 1. The standard InChI is InChI=1S/C14H30N2O/c1-5-8-15-13-7-9-16(10-13)14(12(3)4)11-17-6-2/h12-15H,5-11H2,1-4H3. The topological polar surface area (TPSA) is 24.5 Å². The van der Waals surface area contributed by atoms with E-state index in [1.54, 1.807) is 0 Å². The van der Waals surface area contributed by atoms with Crippen LogP contribution in [0.2, 0.25) is 0 Å². The lowest BCUT2D eigenvalue weighted by molar-refractivity contribution is 0.0548. The summed E-state index contributed by atoms with van der Waals surface area (Å²) in [6, 6.07) is 1.28. The first-order valence-corrected chi connectivity index (χ1v) is 7.24. The highest BCUT2D eigenvalue weighted by atomic mass is 16.5. The quantitative estimate of drug-likeness (QED) is 0.705. The molecule has 1 N–H and O–H groups in total. The third-order valence-corrected chi connectivity index (χ3v) is 3.63. The maximum atomic E-state index is 5.62. The third-order valence-electron chi connectivity index (χ3n) is 3.63. The molecule has 1 rings (SSSR count). The monoisotopic (exact) mass is 242 g/mol. The van der Waals surface area contributed by atoms with Crippen LogP contribution >= 0.6 is 0 Å². The molecule has 0 aromatic heterocycles. The summed E-state index contributed by atoms with van der Waals surface area (Å²) in [6.45, 7) is 14.2. The molecule has 0 spiro atoms. The maximum absolute atomic E-state index is 5.62. The van der Waals surface area contributed by atoms with Gasteiger partial charge in [-0.3, -0.25) is 4.90 Å². The number of hydrogen-bond donors (Lipinski definition) is 1. The number of likely N-dealkylation sites (tertiary alicyclic amines) is 1. The van der Waals surface area contributed by atoms with Gasteiger partial charge in [-0.15, -0.1) is 0 Å². The Kier molecular flexibility index (Phi) is 7.09. The normalized spacial score (nSPS) is 23.5. The van der Waals surface area contributed by atoms with Crippen molar-refractivity contribution in [3.05, 3.63) is 0 Å². The van der Waals surface area contributed by atoms with E-state index in [4.69, 9.17) is 4.74 Å². The smallest absolute Gasteiger partial charge is 0.0624 e. The Hall–Kier alpha value is -0.120.